The first-order valence-electron chi connectivity index (χ1n) is 31.3. The van der Waals surface area contributed by atoms with Gasteiger partial charge in [0.2, 0.25) is 0 Å². The summed E-state index contributed by atoms with van der Waals surface area (Å²) in [5.41, 5.74) is 0.541. The molecule has 5 aliphatic heterocycles. The first-order valence-corrected chi connectivity index (χ1v) is 31.3. The first kappa shape index (κ1) is 70.9. The van der Waals surface area contributed by atoms with Crippen molar-refractivity contribution in [3.05, 3.63) is 36.5 Å². The zero-order valence-corrected chi connectivity index (χ0v) is 51.2. The summed E-state index contributed by atoms with van der Waals surface area (Å²) in [6.07, 6.45) is 20.2. The lowest BCUT2D eigenvalue weighted by molar-refractivity contribution is -0.316. The van der Waals surface area contributed by atoms with Gasteiger partial charge in [-0.25, -0.2) is 24.0 Å². The number of hydrogen-bond donors (Lipinski definition) is 1. The summed E-state index contributed by atoms with van der Waals surface area (Å²) in [5, 5.41) is 42.4. The number of fused-ring (bicyclic) bond motifs is 3. The summed E-state index contributed by atoms with van der Waals surface area (Å²) in [4.78, 5) is 137. The van der Waals surface area contributed by atoms with Crippen molar-refractivity contribution >= 4 is 71.6 Å². The van der Waals surface area contributed by atoms with Crippen LogP contribution in [-0.2, 0) is 100 Å². The molecular weight excluding hydrogens is 1170 g/mol. The highest BCUT2D eigenvalue weighted by molar-refractivity contribution is 5.90. The SMILES string of the molecule is C=C(C)C(=O)OCC(=O)OC1C2CC3C1OC(=O)C3C2C(=O)[O-].C=C(C)C(=O)OCC(=O)OC1C2OC(=O)C3C2OC1C3C(=O)[O-].C=C(C)C(=O)OCC1C2CC3C1OC(=O)C3C2C(=O)[O-].CCCCCCCCCCCCCCCCCCCCC(=O)O. The molecule has 9 rings (SSSR count). The molecule has 1 N–H and O–H groups in total. The Labute approximate surface area is 517 Å². The van der Waals surface area contributed by atoms with Crippen molar-refractivity contribution < 1.29 is 121 Å². The minimum absolute atomic E-state index is 0.0569. The number of hydrogen-bond acceptors (Lipinski definition) is 24. The maximum atomic E-state index is 11.8. The fourth-order valence-corrected chi connectivity index (χ4v) is 14.3. The van der Waals surface area contributed by atoms with Gasteiger partial charge in [0.15, 0.2) is 25.4 Å². The van der Waals surface area contributed by atoms with Crippen molar-refractivity contribution in [3.63, 3.8) is 0 Å². The smallest absolute Gasteiger partial charge is 0.344 e. The standard InChI is InChI=1S/C21H42O2.C15H16O8.C14H14O9.C14H16O6/c1-2-3-4-5-6-7-8-9-10-11-12-13-14-15-16-17-18-19-20-21(22)23;1-5(2)14(19)21-4-8(16)22-11-6-3-7-10(9(6)13(17)18)15(20)23-12(7)11;1-4(2)13(18)20-3-5(15)21-10-8-6(12(16)17)7-9(22-8)11(10)23-14(7)19;1-5(2)13(17)19-4-8-6-3-7-10(9(6)12(15)16)14(18)20-11(7)8/h2-20H2,1H3,(H,22,23);6-7,9-12H,1,3-4H2,2H3,(H,17,18);6-11H,1,3H2,2H3,(H,16,17);6-11H,1,3-4H2,2H3,(H,15,16)/p-3. The molecule has 0 amide bonds. The summed E-state index contributed by atoms with van der Waals surface area (Å²) < 4.78 is 45.7. The maximum Gasteiger partial charge on any atom is 0.344 e. The number of rotatable bonds is 33. The van der Waals surface area contributed by atoms with Gasteiger partial charge in [0, 0.05) is 82.5 Å². The van der Waals surface area contributed by atoms with Crippen LogP contribution < -0.4 is 15.3 Å². The molecule has 5 saturated heterocycles. The largest absolute Gasteiger partial charge is 0.550 e. The van der Waals surface area contributed by atoms with Gasteiger partial charge in [0.05, 0.1) is 24.4 Å². The number of ether oxygens (including phenoxy) is 9. The van der Waals surface area contributed by atoms with Gasteiger partial charge in [-0.1, -0.05) is 136 Å². The van der Waals surface area contributed by atoms with E-state index in [1.54, 1.807) is 6.92 Å². The average Bonchev–Trinajstić information content (AvgIpc) is 1.58. The van der Waals surface area contributed by atoms with Gasteiger partial charge in [0.1, 0.15) is 30.5 Å². The molecule has 18 unspecified atom stereocenters. The molecule has 0 aromatic carbocycles. The number of aliphatic carboxylic acids is 4. The number of unbranched alkanes of at least 4 members (excludes halogenated alkanes) is 17. The van der Waals surface area contributed by atoms with Crippen LogP contribution in [0.4, 0.5) is 0 Å². The lowest BCUT2D eigenvalue weighted by atomic mass is 9.74. The van der Waals surface area contributed by atoms with Gasteiger partial charge in [-0.3, -0.25) is 19.2 Å². The van der Waals surface area contributed by atoms with Crippen LogP contribution in [-0.4, -0.2) is 139 Å². The summed E-state index contributed by atoms with van der Waals surface area (Å²) in [6, 6.07) is 0. The molecule has 4 aliphatic carbocycles. The second-order valence-corrected chi connectivity index (χ2v) is 24.8. The van der Waals surface area contributed by atoms with Gasteiger partial charge < -0.3 is 77.4 Å². The summed E-state index contributed by atoms with van der Waals surface area (Å²) in [5.74, 6) is -16.8. The second-order valence-electron chi connectivity index (χ2n) is 24.8. The van der Waals surface area contributed by atoms with E-state index in [1.807, 2.05) is 0 Å². The number of carbonyl (C=O) groups is 12. The lowest BCUT2D eigenvalue weighted by Gasteiger charge is -2.31. The van der Waals surface area contributed by atoms with E-state index in [0.717, 1.165) is 12.8 Å². The minimum atomic E-state index is -1.46. The van der Waals surface area contributed by atoms with Gasteiger partial charge >= 0.3 is 53.7 Å². The number of carboxylic acid groups (broad SMARTS) is 4. The highest BCUT2D eigenvalue weighted by atomic mass is 16.7. The number of carbonyl (C=O) groups excluding carboxylic acids is 11. The Morgan fingerprint density at radius 2 is 0.843 bits per heavy atom. The topological polar surface area (TPSA) is 377 Å². The molecule has 9 fully saturated rings. The minimum Gasteiger partial charge on any atom is -0.550 e. The molecule has 25 heteroatoms. The number of carboxylic acids is 4. The third-order valence-corrected chi connectivity index (χ3v) is 18.4. The molecule has 18 atom stereocenters. The van der Waals surface area contributed by atoms with Gasteiger partial charge in [-0.05, 0) is 46.0 Å². The molecule has 0 radical (unpaired) electrons. The van der Waals surface area contributed by atoms with E-state index in [2.05, 4.69) is 36.1 Å². The molecule has 9 aliphatic rings. The van der Waals surface area contributed by atoms with Crippen LogP contribution in [0.5, 0.6) is 0 Å². The Morgan fingerprint density at radius 3 is 1.29 bits per heavy atom. The highest BCUT2D eigenvalue weighted by Gasteiger charge is 2.71. The van der Waals surface area contributed by atoms with Gasteiger partial charge in [-0.15, -0.1) is 0 Å². The van der Waals surface area contributed by atoms with Crippen molar-refractivity contribution in [2.24, 2.45) is 65.1 Å². The molecule has 6 bridgehead atoms. The average molecular weight is 1250 g/mol. The van der Waals surface area contributed by atoms with Crippen LogP contribution in [0.1, 0.15) is 163 Å². The molecule has 0 aromatic heterocycles. The fraction of sp³-hybridized carbons (Fsp3) is 0.719. The monoisotopic (exact) mass is 1250 g/mol. The van der Waals surface area contributed by atoms with E-state index >= 15 is 0 Å². The number of esters is 8. The maximum absolute atomic E-state index is 11.8. The van der Waals surface area contributed by atoms with E-state index in [4.69, 9.17) is 38.3 Å². The van der Waals surface area contributed by atoms with Crippen LogP contribution in [0.3, 0.4) is 0 Å². The summed E-state index contributed by atoms with van der Waals surface area (Å²) >= 11 is 0. The van der Waals surface area contributed by atoms with E-state index in [0.29, 0.717) is 19.3 Å². The summed E-state index contributed by atoms with van der Waals surface area (Å²) in [7, 11) is 0. The van der Waals surface area contributed by atoms with Crippen molar-refractivity contribution in [1.29, 1.82) is 0 Å². The van der Waals surface area contributed by atoms with Gasteiger partial charge in [0.25, 0.3) is 0 Å². The van der Waals surface area contributed by atoms with Crippen LogP contribution in [0.25, 0.3) is 0 Å². The quantitative estimate of drug-likeness (QED) is 0.0427. The predicted molar refractivity (Wildman–Crippen MR) is 299 cm³/mol. The molecule has 4 saturated carbocycles. The van der Waals surface area contributed by atoms with Crippen molar-refractivity contribution in [3.8, 4) is 0 Å². The second kappa shape index (κ2) is 33.1. The summed E-state index contributed by atoms with van der Waals surface area (Å²) in [6.45, 7) is 15.7. The highest BCUT2D eigenvalue weighted by Crippen LogP contribution is 2.61. The molecule has 5 heterocycles. The van der Waals surface area contributed by atoms with Crippen LogP contribution in [0, 0.1) is 65.1 Å². The Hall–Kier alpha value is -7.18. The zero-order valence-electron chi connectivity index (χ0n) is 51.2. The van der Waals surface area contributed by atoms with Gasteiger partial charge in [-0.2, -0.15) is 0 Å². The van der Waals surface area contributed by atoms with Crippen molar-refractivity contribution in [2.75, 3.05) is 19.8 Å². The normalized spacial score (nSPS) is 30.8. The van der Waals surface area contributed by atoms with Crippen molar-refractivity contribution in [1.82, 2.24) is 0 Å². The molecule has 25 nitrogen and oxygen atoms in total. The van der Waals surface area contributed by atoms with Crippen LogP contribution in [0.2, 0.25) is 0 Å². The van der Waals surface area contributed by atoms with Crippen LogP contribution >= 0.6 is 0 Å². The Balaban J connectivity index is 0.000000189. The van der Waals surface area contributed by atoms with E-state index in [-0.39, 0.29) is 53.1 Å². The molecule has 494 valence electrons. The van der Waals surface area contributed by atoms with E-state index < -0.39 is 163 Å². The predicted octanol–water partition coefficient (Wildman–Crippen LogP) is 3.06. The Bertz CT molecular complexity index is 2550. The Morgan fingerprint density at radius 1 is 0.461 bits per heavy atom. The van der Waals surface area contributed by atoms with Crippen molar-refractivity contribution in [2.45, 2.75) is 205 Å². The third-order valence-electron chi connectivity index (χ3n) is 18.4. The fourth-order valence-electron chi connectivity index (χ4n) is 14.3. The zero-order chi connectivity index (χ0) is 65.4. The van der Waals surface area contributed by atoms with E-state index in [1.165, 1.54) is 117 Å². The van der Waals surface area contributed by atoms with E-state index in [9.17, 15) is 72.9 Å². The molecule has 0 spiro atoms. The molecular formula is C64H85O25-3. The lowest BCUT2D eigenvalue weighted by Crippen LogP contribution is -2.51. The molecule has 89 heavy (non-hydrogen) atoms. The molecule has 0 aromatic rings. The van der Waals surface area contributed by atoms with Crippen LogP contribution in [0.15, 0.2) is 36.5 Å². The Kier molecular flexibility index (Phi) is 26.3. The third kappa shape index (κ3) is 17.8. The first-order chi connectivity index (χ1) is 42.3.